The zero-order chi connectivity index (χ0) is 12.3. The predicted octanol–water partition coefficient (Wildman–Crippen LogP) is 2.40. The highest BCUT2D eigenvalue weighted by molar-refractivity contribution is 5.92. The van der Waals surface area contributed by atoms with E-state index in [1.165, 1.54) is 31.9 Å². The minimum Gasteiger partial charge on any atom is -0.397 e. The van der Waals surface area contributed by atoms with Gasteiger partial charge in [-0.3, -0.25) is 4.79 Å². The predicted molar refractivity (Wildman–Crippen MR) is 74.8 cm³/mol. The Bertz CT molecular complexity index is 401. The molecular formula is C13H20ClN3O. The summed E-state index contributed by atoms with van der Waals surface area (Å²) in [7, 11) is 0. The van der Waals surface area contributed by atoms with Gasteiger partial charge in [-0.25, -0.2) is 4.98 Å². The third-order valence-electron chi connectivity index (χ3n) is 3.38. The molecule has 0 aliphatic heterocycles. The van der Waals surface area contributed by atoms with E-state index >= 15 is 0 Å². The summed E-state index contributed by atoms with van der Waals surface area (Å²) in [6, 6.07) is 3.35. The number of aromatic nitrogens is 1. The standard InChI is InChI=1S/C13H19N3O.ClH/c1-2-5-13(6-7-13)9-16-12(17)11-4-3-10(14)8-15-11;/h3-4,8H,2,5-7,9,14H2,1H3,(H,16,17);1H. The van der Waals surface area contributed by atoms with Gasteiger partial charge in [0.2, 0.25) is 0 Å². The Labute approximate surface area is 114 Å². The summed E-state index contributed by atoms with van der Waals surface area (Å²) in [4.78, 5) is 15.8. The van der Waals surface area contributed by atoms with Gasteiger partial charge in [-0.05, 0) is 36.8 Å². The van der Waals surface area contributed by atoms with Crippen LogP contribution in [-0.2, 0) is 0 Å². The molecule has 1 aromatic heterocycles. The molecule has 1 saturated carbocycles. The van der Waals surface area contributed by atoms with Crippen molar-refractivity contribution in [3.8, 4) is 0 Å². The molecule has 1 heterocycles. The van der Waals surface area contributed by atoms with E-state index in [0.717, 1.165) is 6.54 Å². The minimum absolute atomic E-state index is 0. The number of halogens is 1. The Morgan fingerprint density at radius 2 is 2.22 bits per heavy atom. The van der Waals surface area contributed by atoms with Crippen LogP contribution in [0.25, 0.3) is 0 Å². The van der Waals surface area contributed by atoms with Gasteiger partial charge >= 0.3 is 0 Å². The molecule has 2 rings (SSSR count). The number of anilines is 1. The SMILES string of the molecule is CCCC1(CNC(=O)c2ccc(N)cn2)CC1.Cl. The van der Waals surface area contributed by atoms with E-state index < -0.39 is 0 Å². The monoisotopic (exact) mass is 269 g/mol. The molecule has 1 aliphatic carbocycles. The third-order valence-corrected chi connectivity index (χ3v) is 3.38. The Balaban J connectivity index is 0.00000162. The number of nitrogens with two attached hydrogens (primary N) is 1. The van der Waals surface area contributed by atoms with Crippen LogP contribution < -0.4 is 11.1 Å². The van der Waals surface area contributed by atoms with Crippen LogP contribution in [0, 0.1) is 5.41 Å². The first-order chi connectivity index (χ1) is 8.15. The highest BCUT2D eigenvalue weighted by atomic mass is 35.5. The second kappa shape index (κ2) is 6.05. The van der Waals surface area contributed by atoms with E-state index in [-0.39, 0.29) is 18.3 Å². The maximum absolute atomic E-state index is 11.8. The van der Waals surface area contributed by atoms with E-state index in [0.29, 0.717) is 16.8 Å². The summed E-state index contributed by atoms with van der Waals surface area (Å²) in [5, 5.41) is 2.96. The van der Waals surface area contributed by atoms with Crippen LogP contribution >= 0.6 is 12.4 Å². The molecule has 5 heteroatoms. The second-order valence-electron chi connectivity index (χ2n) is 4.91. The number of amides is 1. The summed E-state index contributed by atoms with van der Waals surface area (Å²) in [6.07, 6.45) is 6.35. The molecule has 0 saturated heterocycles. The van der Waals surface area contributed by atoms with E-state index in [1.54, 1.807) is 12.1 Å². The Kier molecular flexibility index (Phi) is 4.96. The average molecular weight is 270 g/mol. The molecule has 1 amide bonds. The van der Waals surface area contributed by atoms with Gasteiger partial charge in [-0.15, -0.1) is 12.4 Å². The van der Waals surface area contributed by atoms with Gasteiger partial charge in [0, 0.05) is 6.54 Å². The Hall–Kier alpha value is -1.29. The molecule has 1 fully saturated rings. The maximum Gasteiger partial charge on any atom is 0.269 e. The smallest absolute Gasteiger partial charge is 0.269 e. The topological polar surface area (TPSA) is 68.0 Å². The van der Waals surface area contributed by atoms with Crippen LogP contribution in [0.1, 0.15) is 43.1 Å². The number of nitrogens with zero attached hydrogens (tertiary/aromatic N) is 1. The minimum atomic E-state index is -0.104. The van der Waals surface area contributed by atoms with E-state index in [4.69, 9.17) is 5.73 Å². The quantitative estimate of drug-likeness (QED) is 0.862. The van der Waals surface area contributed by atoms with Gasteiger partial charge in [-0.2, -0.15) is 0 Å². The molecule has 0 radical (unpaired) electrons. The number of rotatable bonds is 5. The van der Waals surface area contributed by atoms with Crippen LogP contribution in [0.15, 0.2) is 18.3 Å². The molecule has 0 spiro atoms. The third kappa shape index (κ3) is 3.60. The maximum atomic E-state index is 11.8. The summed E-state index contributed by atoms with van der Waals surface area (Å²) in [6.45, 7) is 2.95. The Morgan fingerprint density at radius 3 is 2.72 bits per heavy atom. The van der Waals surface area contributed by atoms with Crippen LogP contribution in [0.5, 0.6) is 0 Å². The van der Waals surface area contributed by atoms with Gasteiger partial charge in [0.25, 0.3) is 5.91 Å². The van der Waals surface area contributed by atoms with E-state index in [9.17, 15) is 4.79 Å². The zero-order valence-electron chi connectivity index (χ0n) is 10.6. The number of hydrogen-bond donors (Lipinski definition) is 2. The molecule has 4 nitrogen and oxygen atoms in total. The van der Waals surface area contributed by atoms with Crippen molar-refractivity contribution in [3.05, 3.63) is 24.0 Å². The fourth-order valence-corrected chi connectivity index (χ4v) is 2.12. The number of hydrogen-bond acceptors (Lipinski definition) is 3. The van der Waals surface area contributed by atoms with E-state index in [1.807, 2.05) is 0 Å². The van der Waals surface area contributed by atoms with Crippen LogP contribution in [0.2, 0.25) is 0 Å². The lowest BCUT2D eigenvalue weighted by molar-refractivity contribution is 0.0939. The molecule has 0 aromatic carbocycles. The number of carbonyl (C=O) groups is 1. The van der Waals surface area contributed by atoms with Gasteiger partial charge in [-0.1, -0.05) is 13.3 Å². The lowest BCUT2D eigenvalue weighted by Crippen LogP contribution is -2.30. The van der Waals surface area contributed by atoms with Crippen molar-refractivity contribution in [2.75, 3.05) is 12.3 Å². The fourth-order valence-electron chi connectivity index (χ4n) is 2.12. The summed E-state index contributed by atoms with van der Waals surface area (Å²) in [5.74, 6) is -0.104. The molecule has 1 aromatic rings. The van der Waals surface area contributed by atoms with Crippen LogP contribution in [0.3, 0.4) is 0 Å². The molecule has 18 heavy (non-hydrogen) atoms. The van der Waals surface area contributed by atoms with Crippen LogP contribution in [-0.4, -0.2) is 17.4 Å². The van der Waals surface area contributed by atoms with Gasteiger partial charge in [0.1, 0.15) is 5.69 Å². The number of nitrogens with one attached hydrogen (secondary N) is 1. The van der Waals surface area contributed by atoms with Crippen molar-refractivity contribution in [3.63, 3.8) is 0 Å². The number of carbonyl (C=O) groups excluding carboxylic acids is 1. The fraction of sp³-hybridized carbons (Fsp3) is 0.538. The van der Waals surface area contributed by atoms with Crippen molar-refractivity contribution < 1.29 is 4.79 Å². The molecule has 100 valence electrons. The molecular weight excluding hydrogens is 250 g/mol. The lowest BCUT2D eigenvalue weighted by atomic mass is 10.0. The zero-order valence-corrected chi connectivity index (χ0v) is 11.4. The average Bonchev–Trinajstić information content (AvgIpc) is 3.08. The summed E-state index contributed by atoms with van der Waals surface area (Å²) in [5.41, 5.74) is 6.91. The van der Waals surface area contributed by atoms with Crippen molar-refractivity contribution in [2.24, 2.45) is 5.41 Å². The lowest BCUT2D eigenvalue weighted by Gasteiger charge is -2.14. The second-order valence-corrected chi connectivity index (χ2v) is 4.91. The van der Waals surface area contributed by atoms with Crippen molar-refractivity contribution in [1.82, 2.24) is 10.3 Å². The molecule has 1 aliphatic rings. The number of nitrogen functional groups attached to an aromatic ring is 1. The van der Waals surface area contributed by atoms with Crippen molar-refractivity contribution >= 4 is 24.0 Å². The first-order valence-electron chi connectivity index (χ1n) is 6.15. The molecule has 3 N–H and O–H groups in total. The highest BCUT2D eigenvalue weighted by Gasteiger charge is 2.41. The van der Waals surface area contributed by atoms with E-state index in [2.05, 4.69) is 17.2 Å². The number of pyridine rings is 1. The molecule has 0 bridgehead atoms. The first-order valence-corrected chi connectivity index (χ1v) is 6.15. The van der Waals surface area contributed by atoms with Gasteiger partial charge in [0.15, 0.2) is 0 Å². The van der Waals surface area contributed by atoms with Crippen molar-refractivity contribution in [2.45, 2.75) is 32.6 Å². The summed E-state index contributed by atoms with van der Waals surface area (Å²) < 4.78 is 0. The highest BCUT2D eigenvalue weighted by Crippen LogP contribution is 2.48. The molecule has 0 atom stereocenters. The summed E-state index contributed by atoms with van der Waals surface area (Å²) >= 11 is 0. The van der Waals surface area contributed by atoms with Crippen LogP contribution in [0.4, 0.5) is 5.69 Å². The Morgan fingerprint density at radius 1 is 1.50 bits per heavy atom. The van der Waals surface area contributed by atoms with Crippen molar-refractivity contribution in [1.29, 1.82) is 0 Å². The first kappa shape index (κ1) is 14.8. The normalized spacial score (nSPS) is 15.6. The van der Waals surface area contributed by atoms with Gasteiger partial charge in [0.05, 0.1) is 11.9 Å². The largest absolute Gasteiger partial charge is 0.397 e. The molecule has 0 unspecified atom stereocenters. The van der Waals surface area contributed by atoms with Gasteiger partial charge < -0.3 is 11.1 Å².